The fourth-order valence-electron chi connectivity index (χ4n) is 16.0. The number of imide groups is 1. The van der Waals surface area contributed by atoms with Crippen LogP contribution in [0.4, 0.5) is 0 Å². The smallest absolute Gasteiger partial charge is 0.338 e. The molecule has 0 saturated carbocycles. The van der Waals surface area contributed by atoms with Gasteiger partial charge in [-0.25, -0.2) is 4.79 Å². The summed E-state index contributed by atoms with van der Waals surface area (Å²) in [6, 6.07) is 78.6. The molecular formula is C97H107NO22Si. The van der Waals surface area contributed by atoms with Crippen molar-refractivity contribution >= 4 is 54.2 Å². The lowest BCUT2D eigenvalue weighted by atomic mass is 9.93. The minimum absolute atomic E-state index is 0.000367. The van der Waals surface area contributed by atoms with Crippen molar-refractivity contribution in [2.24, 2.45) is 0 Å². The van der Waals surface area contributed by atoms with Crippen LogP contribution in [0.3, 0.4) is 0 Å². The third-order valence-corrected chi connectivity index (χ3v) is 27.1. The van der Waals surface area contributed by atoms with Gasteiger partial charge in [0, 0.05) is 19.4 Å². The highest BCUT2D eigenvalue weighted by atomic mass is 28.4. The number of carbonyl (C=O) groups is 6. The van der Waals surface area contributed by atoms with Crippen molar-refractivity contribution in [3.63, 3.8) is 0 Å². The molecule has 0 N–H and O–H groups in total. The number of carbonyl (C=O) groups excluding carboxylic acids is 6. The van der Waals surface area contributed by atoms with Crippen LogP contribution in [-0.4, -0.2) is 175 Å². The molecule has 0 spiro atoms. The Bertz CT molecular complexity index is 4690. The lowest BCUT2D eigenvalue weighted by Gasteiger charge is -2.52. The van der Waals surface area contributed by atoms with E-state index in [1.807, 2.05) is 201 Å². The molecule has 13 rings (SSSR count). The summed E-state index contributed by atoms with van der Waals surface area (Å²) in [7, 11) is -0.776. The van der Waals surface area contributed by atoms with Crippen molar-refractivity contribution in [3.05, 3.63) is 305 Å². The van der Waals surface area contributed by atoms with E-state index in [1.54, 1.807) is 73.8 Å². The van der Waals surface area contributed by atoms with E-state index in [0.717, 1.165) is 37.5 Å². The quantitative estimate of drug-likeness (QED) is 0.0114. The third kappa shape index (κ3) is 22.5. The maximum Gasteiger partial charge on any atom is 0.338 e. The highest BCUT2D eigenvalue weighted by molar-refractivity contribution is 6.99. The van der Waals surface area contributed by atoms with E-state index >= 15 is 19.2 Å². The number of Topliss-reactive ketones (excluding diaryl/α,β-unsaturated/α-hetero) is 1. The fraction of sp³-hybridized carbons (Fsp3) is 0.381. The Labute approximate surface area is 708 Å². The molecule has 2 amide bonds. The van der Waals surface area contributed by atoms with Crippen LogP contribution in [-0.2, 0) is 118 Å². The van der Waals surface area contributed by atoms with Gasteiger partial charge in [0.2, 0.25) is 0 Å². The van der Waals surface area contributed by atoms with E-state index in [2.05, 4.69) is 20.8 Å². The van der Waals surface area contributed by atoms with E-state index in [0.29, 0.717) is 30.6 Å². The summed E-state index contributed by atoms with van der Waals surface area (Å²) in [5, 5.41) is 1.09. The Morgan fingerprint density at radius 1 is 0.413 bits per heavy atom. The van der Waals surface area contributed by atoms with Crippen molar-refractivity contribution in [3.8, 4) is 5.75 Å². The Kier molecular flexibility index (Phi) is 31.4. The molecule has 0 bridgehead atoms. The van der Waals surface area contributed by atoms with Gasteiger partial charge in [-0.1, -0.05) is 252 Å². The molecule has 9 aromatic rings. The highest BCUT2D eigenvalue weighted by Crippen LogP contribution is 2.43. The van der Waals surface area contributed by atoms with E-state index < -0.39 is 142 Å². The van der Waals surface area contributed by atoms with Crippen LogP contribution in [0, 0.1) is 0 Å². The van der Waals surface area contributed by atoms with E-state index in [1.165, 1.54) is 14.0 Å². The number of fused-ring (bicyclic) bond motifs is 1. The molecule has 0 unspecified atom stereocenters. The van der Waals surface area contributed by atoms with Crippen LogP contribution in [0.2, 0.25) is 5.04 Å². The Hall–Kier alpha value is -10.3. The first-order chi connectivity index (χ1) is 58.9. The molecule has 3 saturated heterocycles. The molecule has 15 atom stereocenters. The molecule has 0 aromatic heterocycles. The van der Waals surface area contributed by atoms with Gasteiger partial charge in [-0.15, -0.1) is 0 Å². The van der Waals surface area contributed by atoms with Crippen LogP contribution >= 0.6 is 0 Å². The molecule has 4 aliphatic rings. The van der Waals surface area contributed by atoms with Crippen LogP contribution in [0.1, 0.15) is 132 Å². The summed E-state index contributed by atoms with van der Waals surface area (Å²) in [6.07, 6.45) is -19.4. The van der Waals surface area contributed by atoms with Crippen molar-refractivity contribution in [2.75, 3.05) is 34.0 Å². The molecule has 636 valence electrons. The van der Waals surface area contributed by atoms with Crippen molar-refractivity contribution < 1.29 is 104 Å². The first-order valence-electron chi connectivity index (χ1n) is 41.3. The number of unbranched alkanes of at least 4 members (excludes halogenated alkanes) is 2. The molecule has 3 fully saturated rings. The summed E-state index contributed by atoms with van der Waals surface area (Å²) in [6.45, 7) is 8.88. The SMILES string of the molecule is COC(=O)CCCCCO[C@@H]1O[C@H](COCc2ccc(OC)cc2)[C@@H](O[C@@H]2O[C@H](CO[Si](c3ccccc3)(c3ccccc3)C(C)(C)C)[C@H](OC(=O)CCC(C)=O)[C@H](O[C@@H]3O[C@@H](C)[C@@H](OCc4ccccc4)[C@@H](OCc4ccccc4)[C@@H]3OCc3ccccc3)[C@H]2OC(=O)c2ccccc2)[C@H](OCc2ccccc2)[C@H]1N1C(=O)c2ccccc2C1=O. The first kappa shape index (κ1) is 88.5. The van der Waals surface area contributed by atoms with Gasteiger partial charge in [-0.05, 0) is 106 Å². The van der Waals surface area contributed by atoms with Gasteiger partial charge in [-0.2, -0.15) is 0 Å². The zero-order valence-corrected chi connectivity index (χ0v) is 70.3. The Morgan fingerprint density at radius 3 is 1.40 bits per heavy atom. The number of nitrogens with zero attached hydrogens (tertiary/aromatic N) is 1. The van der Waals surface area contributed by atoms with E-state index in [-0.39, 0.29) is 87.5 Å². The van der Waals surface area contributed by atoms with Gasteiger partial charge in [-0.3, -0.25) is 24.1 Å². The Morgan fingerprint density at radius 2 is 0.876 bits per heavy atom. The van der Waals surface area contributed by atoms with Gasteiger partial charge in [0.15, 0.2) is 31.1 Å². The number of ether oxygens (including phenoxy) is 15. The molecule has 24 heteroatoms. The van der Waals surface area contributed by atoms with E-state index in [4.69, 9.17) is 75.5 Å². The predicted octanol–water partition coefficient (Wildman–Crippen LogP) is 14.0. The maximum atomic E-state index is 15.9. The van der Waals surface area contributed by atoms with Crippen LogP contribution < -0.4 is 15.1 Å². The number of methoxy groups -OCH3 is 2. The number of amides is 2. The third-order valence-electron chi connectivity index (χ3n) is 22.1. The normalized spacial score (nSPS) is 23.6. The summed E-state index contributed by atoms with van der Waals surface area (Å²) in [4.78, 5) is 89.0. The van der Waals surface area contributed by atoms with Gasteiger partial charge in [0.1, 0.15) is 66.4 Å². The molecule has 0 radical (unpaired) electrons. The lowest BCUT2D eigenvalue weighted by Crippen LogP contribution is -2.71. The second kappa shape index (κ2) is 43.0. The standard InChI is InChI=1S/C97H107NO22Si/c1-65(99)51-56-81(101)117-85-79(64-113-121(97(3,4)5,74-44-26-13-27-45-74)75-46-28-14-29-47-75)116-96(90(118-93(104)72-42-24-12-25-43-72)88(85)120-95-89(112-62-70-40-22-11-23-41-70)87(111-61-69-38-20-10-21-39-69)83(66(2)114-95)109-59-67-34-16-8-17-35-67)119-84-78(63-107-58-71-52-54-73(105-6)55-53-71)115-94(108-57-33-15-30-50-80(100)106-7)82(86(84)110-60-68-36-18-9-19-37-68)98-91(102)76-48-31-32-49-77(76)92(98)103/h8-14,16-29,31-32,34-49,52-55,66,78-79,82-90,94-96H,15,30,33,50-51,56-64H2,1-7H3/t66-,78+,79+,82+,83+,84+,85-,86+,87+,88-,89-,90+,94+,95-,96-/m0/s1. The van der Waals surface area contributed by atoms with Crippen LogP contribution in [0.15, 0.2) is 261 Å². The zero-order chi connectivity index (χ0) is 84.7. The highest BCUT2D eigenvalue weighted by Gasteiger charge is 2.62. The summed E-state index contributed by atoms with van der Waals surface area (Å²) >= 11 is 0. The largest absolute Gasteiger partial charge is 0.497 e. The average Bonchev–Trinajstić information content (AvgIpc) is 1.73. The average molecular weight is 1670 g/mol. The summed E-state index contributed by atoms with van der Waals surface area (Å²) in [5.74, 6) is -3.17. The number of benzene rings is 9. The van der Waals surface area contributed by atoms with Crippen LogP contribution in [0.25, 0.3) is 0 Å². The Balaban J connectivity index is 1.02. The molecule has 4 heterocycles. The molecular weight excluding hydrogens is 1560 g/mol. The minimum Gasteiger partial charge on any atom is -0.497 e. The van der Waals surface area contributed by atoms with Gasteiger partial charge >= 0.3 is 17.9 Å². The number of esters is 3. The number of hydrogen-bond donors (Lipinski definition) is 0. The number of ketones is 1. The van der Waals surface area contributed by atoms with E-state index in [9.17, 15) is 9.59 Å². The first-order valence-corrected chi connectivity index (χ1v) is 43.2. The molecule has 0 aliphatic carbocycles. The molecule has 23 nitrogen and oxygen atoms in total. The van der Waals surface area contributed by atoms with Crippen molar-refractivity contribution in [1.29, 1.82) is 0 Å². The maximum absolute atomic E-state index is 15.9. The van der Waals surface area contributed by atoms with Crippen LogP contribution in [0.5, 0.6) is 5.75 Å². The molecule has 9 aromatic carbocycles. The second-order valence-electron chi connectivity index (χ2n) is 31.5. The lowest BCUT2D eigenvalue weighted by molar-refractivity contribution is -0.381. The van der Waals surface area contributed by atoms with Crippen molar-refractivity contribution in [1.82, 2.24) is 4.90 Å². The van der Waals surface area contributed by atoms with Gasteiger partial charge in [0.25, 0.3) is 20.1 Å². The minimum atomic E-state index is -3.68. The van der Waals surface area contributed by atoms with Gasteiger partial charge < -0.3 is 80.3 Å². The summed E-state index contributed by atoms with van der Waals surface area (Å²) < 4.78 is 113. The second-order valence-corrected chi connectivity index (χ2v) is 35.9. The molecule has 121 heavy (non-hydrogen) atoms. The van der Waals surface area contributed by atoms with Gasteiger partial charge in [0.05, 0.1) is 89.7 Å². The fourth-order valence-corrected chi connectivity index (χ4v) is 20.5. The topological polar surface area (TPSA) is 253 Å². The monoisotopic (exact) mass is 1670 g/mol. The number of rotatable bonds is 40. The predicted molar refractivity (Wildman–Crippen MR) is 450 cm³/mol. The zero-order valence-electron chi connectivity index (χ0n) is 69.3. The van der Waals surface area contributed by atoms with Crippen molar-refractivity contribution in [2.45, 2.75) is 203 Å². The number of hydrogen-bond acceptors (Lipinski definition) is 22. The summed E-state index contributed by atoms with van der Waals surface area (Å²) in [5.41, 5.74) is 4.22. The molecule has 4 aliphatic heterocycles.